The fourth-order valence-electron chi connectivity index (χ4n) is 5.35. The van der Waals surface area contributed by atoms with Crippen LogP contribution in [-0.2, 0) is 0 Å². The summed E-state index contributed by atoms with van der Waals surface area (Å²) in [6.45, 7) is 2.04. The van der Waals surface area contributed by atoms with E-state index in [1.165, 1.54) is 6.33 Å². The summed E-state index contributed by atoms with van der Waals surface area (Å²) in [6.07, 6.45) is 6.26. The SMILES string of the molecule is C[C@H]1CC[C@@H](c2nc3cccc(-c4cncnc4)c3c(=O)n2-c2ccccc2)N1c1nc(N)nc(N)c1C#N. The molecule has 0 bridgehead atoms. The lowest BCUT2D eigenvalue weighted by Gasteiger charge is -2.31. The van der Waals surface area contributed by atoms with Gasteiger partial charge in [-0.05, 0) is 43.5 Å². The van der Waals surface area contributed by atoms with E-state index in [0.29, 0.717) is 40.2 Å². The van der Waals surface area contributed by atoms with Crippen LogP contribution in [0.1, 0.15) is 37.2 Å². The highest BCUT2D eigenvalue weighted by molar-refractivity contribution is 5.94. The van der Waals surface area contributed by atoms with E-state index >= 15 is 0 Å². The Bertz CT molecular complexity index is 1800. The zero-order valence-corrected chi connectivity index (χ0v) is 21.1. The van der Waals surface area contributed by atoms with E-state index in [1.807, 2.05) is 60.4 Å². The van der Waals surface area contributed by atoms with Crippen molar-refractivity contribution in [3.63, 3.8) is 0 Å². The molecule has 4 heterocycles. The van der Waals surface area contributed by atoms with Crippen molar-refractivity contribution < 1.29 is 0 Å². The lowest BCUT2D eigenvalue weighted by molar-refractivity contribution is 0.615. The van der Waals surface area contributed by atoms with Gasteiger partial charge in [0.2, 0.25) is 5.95 Å². The lowest BCUT2D eigenvalue weighted by Crippen LogP contribution is -2.36. The number of nitrogens with two attached hydrogens (primary N) is 2. The number of rotatable bonds is 4. The van der Waals surface area contributed by atoms with Gasteiger partial charge in [0.1, 0.15) is 29.6 Å². The van der Waals surface area contributed by atoms with Crippen molar-refractivity contribution in [3.05, 3.63) is 89.0 Å². The third-order valence-electron chi connectivity index (χ3n) is 7.07. The molecule has 6 rings (SSSR count). The van der Waals surface area contributed by atoms with Gasteiger partial charge in [-0.3, -0.25) is 9.36 Å². The number of nitriles is 1. The average Bonchev–Trinajstić information content (AvgIpc) is 3.34. The Labute approximate surface area is 223 Å². The third-order valence-corrected chi connectivity index (χ3v) is 7.07. The Morgan fingerprint density at radius 2 is 1.74 bits per heavy atom. The summed E-state index contributed by atoms with van der Waals surface area (Å²) < 4.78 is 1.64. The Balaban J connectivity index is 1.65. The van der Waals surface area contributed by atoms with Gasteiger partial charge in [0.15, 0.2) is 5.82 Å². The molecule has 0 spiro atoms. The highest BCUT2D eigenvalue weighted by Crippen LogP contribution is 2.41. The van der Waals surface area contributed by atoms with E-state index in [9.17, 15) is 10.1 Å². The van der Waals surface area contributed by atoms with Crippen molar-refractivity contribution in [2.75, 3.05) is 16.4 Å². The molecule has 2 atom stereocenters. The van der Waals surface area contributed by atoms with Crippen molar-refractivity contribution >= 4 is 28.5 Å². The molecule has 39 heavy (non-hydrogen) atoms. The van der Waals surface area contributed by atoms with E-state index in [4.69, 9.17) is 16.5 Å². The molecule has 11 heteroatoms. The van der Waals surface area contributed by atoms with Crippen LogP contribution in [0.25, 0.3) is 27.7 Å². The minimum absolute atomic E-state index is 0.0134. The fourth-order valence-corrected chi connectivity index (χ4v) is 5.35. The highest BCUT2D eigenvalue weighted by Gasteiger charge is 2.38. The fraction of sp³-hybridized carbons (Fsp3) is 0.179. The van der Waals surface area contributed by atoms with Crippen molar-refractivity contribution in [2.45, 2.75) is 31.8 Å². The summed E-state index contributed by atoms with van der Waals surface area (Å²) in [5.74, 6) is 0.853. The second-order valence-electron chi connectivity index (χ2n) is 9.40. The molecule has 5 aromatic rings. The number of benzene rings is 2. The topological polar surface area (TPSA) is 166 Å². The summed E-state index contributed by atoms with van der Waals surface area (Å²) in [6, 6.07) is 16.7. The number of fused-ring (bicyclic) bond motifs is 1. The average molecular weight is 517 g/mol. The second kappa shape index (κ2) is 9.50. The van der Waals surface area contributed by atoms with E-state index in [2.05, 4.69) is 26.0 Å². The first kappa shape index (κ1) is 24.0. The second-order valence-corrected chi connectivity index (χ2v) is 9.40. The predicted molar refractivity (Wildman–Crippen MR) is 148 cm³/mol. The molecule has 2 aromatic carbocycles. The maximum Gasteiger partial charge on any atom is 0.266 e. The van der Waals surface area contributed by atoms with E-state index in [-0.39, 0.29) is 35.0 Å². The maximum atomic E-state index is 14.4. The number of nitrogen functional groups attached to an aromatic ring is 2. The smallest absolute Gasteiger partial charge is 0.266 e. The minimum Gasteiger partial charge on any atom is -0.382 e. The Morgan fingerprint density at radius 1 is 0.974 bits per heavy atom. The van der Waals surface area contributed by atoms with Gasteiger partial charge >= 0.3 is 0 Å². The quantitative estimate of drug-likeness (QED) is 0.361. The van der Waals surface area contributed by atoms with E-state index in [0.717, 1.165) is 12.0 Å². The van der Waals surface area contributed by atoms with Crippen LogP contribution in [0.2, 0.25) is 0 Å². The Morgan fingerprint density at radius 3 is 2.49 bits per heavy atom. The van der Waals surface area contributed by atoms with Crippen LogP contribution in [0.3, 0.4) is 0 Å². The van der Waals surface area contributed by atoms with Crippen LogP contribution in [0.4, 0.5) is 17.6 Å². The van der Waals surface area contributed by atoms with Crippen LogP contribution < -0.4 is 21.9 Å². The van der Waals surface area contributed by atoms with Gasteiger partial charge in [-0.1, -0.05) is 30.3 Å². The first-order valence-electron chi connectivity index (χ1n) is 12.5. The molecule has 0 saturated carbocycles. The molecule has 1 aliphatic heterocycles. The molecule has 4 N–H and O–H groups in total. The molecule has 3 aromatic heterocycles. The largest absolute Gasteiger partial charge is 0.382 e. The number of para-hydroxylation sites is 1. The van der Waals surface area contributed by atoms with E-state index < -0.39 is 0 Å². The van der Waals surface area contributed by atoms with Crippen molar-refractivity contribution in [3.8, 4) is 22.9 Å². The number of nitrogens with zero attached hydrogens (tertiary/aromatic N) is 8. The van der Waals surface area contributed by atoms with Gasteiger partial charge in [-0.25, -0.2) is 15.0 Å². The zero-order valence-electron chi connectivity index (χ0n) is 21.1. The van der Waals surface area contributed by atoms with Crippen LogP contribution in [0, 0.1) is 11.3 Å². The molecule has 11 nitrogen and oxygen atoms in total. The first-order chi connectivity index (χ1) is 19.0. The van der Waals surface area contributed by atoms with Crippen molar-refractivity contribution in [2.24, 2.45) is 0 Å². The molecule has 0 radical (unpaired) electrons. The molecule has 1 fully saturated rings. The summed E-state index contributed by atoms with van der Waals surface area (Å²) in [7, 11) is 0. The monoisotopic (exact) mass is 516 g/mol. The van der Waals surface area contributed by atoms with Gasteiger partial charge in [-0.15, -0.1) is 0 Å². The van der Waals surface area contributed by atoms with Crippen molar-refractivity contribution in [1.29, 1.82) is 5.26 Å². The molecule has 192 valence electrons. The Hall–Kier alpha value is -5.37. The number of hydrogen-bond acceptors (Lipinski definition) is 10. The summed E-state index contributed by atoms with van der Waals surface area (Å²) >= 11 is 0. The summed E-state index contributed by atoms with van der Waals surface area (Å²) in [5.41, 5.74) is 14.6. The third kappa shape index (κ3) is 3.99. The van der Waals surface area contributed by atoms with Crippen LogP contribution in [0.15, 0.2) is 72.0 Å². The van der Waals surface area contributed by atoms with Crippen LogP contribution in [-0.4, -0.2) is 35.5 Å². The molecule has 0 aliphatic carbocycles. The van der Waals surface area contributed by atoms with Gasteiger partial charge in [0, 0.05) is 24.0 Å². The molecule has 0 unspecified atom stereocenters. The lowest BCUT2D eigenvalue weighted by atomic mass is 10.0. The van der Waals surface area contributed by atoms with Crippen LogP contribution >= 0.6 is 0 Å². The van der Waals surface area contributed by atoms with Gasteiger partial charge in [-0.2, -0.15) is 15.2 Å². The van der Waals surface area contributed by atoms with Gasteiger partial charge in [0.05, 0.1) is 22.6 Å². The molecular weight excluding hydrogens is 492 g/mol. The molecule has 1 saturated heterocycles. The maximum absolute atomic E-state index is 14.4. The van der Waals surface area contributed by atoms with Crippen molar-refractivity contribution in [1.82, 2.24) is 29.5 Å². The number of aromatic nitrogens is 6. The summed E-state index contributed by atoms with van der Waals surface area (Å²) in [4.78, 5) is 38.1. The predicted octanol–water partition coefficient (Wildman–Crippen LogP) is 3.40. The number of anilines is 3. The van der Waals surface area contributed by atoms with Gasteiger partial charge in [0.25, 0.3) is 5.56 Å². The minimum atomic E-state index is -0.387. The standard InChI is InChI=1S/C28H24N10O/c1-16-10-11-22(37(16)25-20(12-29)24(30)35-28(31)36-25)26-34-21-9-5-8-19(17-13-32-15-33-14-17)23(21)27(39)38(26)18-6-3-2-4-7-18/h2-9,13-16,22H,10-11H2,1H3,(H4,30,31,35,36)/t16-,22-/m0/s1. The summed E-state index contributed by atoms with van der Waals surface area (Å²) in [5, 5.41) is 10.4. The van der Waals surface area contributed by atoms with Crippen LogP contribution in [0.5, 0.6) is 0 Å². The molecular formula is C28H24N10O. The zero-order chi connectivity index (χ0) is 27.1. The molecule has 0 amide bonds. The highest BCUT2D eigenvalue weighted by atomic mass is 16.1. The van der Waals surface area contributed by atoms with Gasteiger partial charge < -0.3 is 16.4 Å². The normalized spacial score (nSPS) is 16.9. The Kier molecular flexibility index (Phi) is 5.84. The first-order valence-corrected chi connectivity index (χ1v) is 12.5. The van der Waals surface area contributed by atoms with E-state index in [1.54, 1.807) is 17.0 Å². The number of hydrogen-bond donors (Lipinski definition) is 2. The molecule has 1 aliphatic rings.